The average Bonchev–Trinajstić information content (AvgIpc) is 2.62. The van der Waals surface area contributed by atoms with Crippen molar-refractivity contribution in [3.05, 3.63) is 60.9 Å². The summed E-state index contributed by atoms with van der Waals surface area (Å²) in [4.78, 5) is 29.0. The molecule has 3 aromatic rings. The molecule has 29 heavy (non-hydrogen) atoms. The van der Waals surface area contributed by atoms with Gasteiger partial charge in [-0.3, -0.25) is 9.36 Å². The summed E-state index contributed by atoms with van der Waals surface area (Å²) < 4.78 is 45.6. The van der Waals surface area contributed by atoms with Crippen molar-refractivity contribution < 1.29 is 22.7 Å². The van der Waals surface area contributed by atoms with Crippen LogP contribution in [-0.4, -0.2) is 22.6 Å². The third kappa shape index (κ3) is 3.58. The van der Waals surface area contributed by atoms with Crippen molar-refractivity contribution in [2.75, 3.05) is 12.8 Å². The lowest BCUT2D eigenvalue weighted by Crippen LogP contribution is -2.29. The Morgan fingerprint density at radius 3 is 2.52 bits per heavy atom. The molecule has 6 nitrogen and oxygen atoms in total. The first-order valence-corrected chi connectivity index (χ1v) is 9.11. The summed E-state index contributed by atoms with van der Waals surface area (Å²) in [6.07, 6.45) is -4.75. The highest BCUT2D eigenvalue weighted by Gasteiger charge is 2.34. The number of hydrogen-bond acceptors (Lipinski definition) is 5. The van der Waals surface area contributed by atoms with Gasteiger partial charge in [0.2, 0.25) is 0 Å². The molecule has 0 bridgehead atoms. The molecule has 0 amide bonds. The van der Waals surface area contributed by atoms with Gasteiger partial charge in [-0.1, -0.05) is 11.6 Å². The van der Waals surface area contributed by atoms with E-state index in [4.69, 9.17) is 17.3 Å². The van der Waals surface area contributed by atoms with Gasteiger partial charge in [-0.25, -0.2) is 9.78 Å². The highest BCUT2D eigenvalue weighted by molar-refractivity contribution is 9.10. The number of fused-ring (bicyclic) bond motifs is 1. The number of aromatic nitrogens is 2. The molecule has 0 saturated carbocycles. The largest absolute Gasteiger partial charge is 0.465 e. The molecule has 11 heteroatoms. The highest BCUT2D eigenvalue weighted by atomic mass is 79.9. The second kappa shape index (κ2) is 7.34. The fraction of sp³-hybridized carbons (Fsp3) is 0.167. The summed E-state index contributed by atoms with van der Waals surface area (Å²) in [6.45, 7) is 1.60. The number of rotatable bonds is 2. The maximum atomic E-state index is 13.2. The van der Waals surface area contributed by atoms with E-state index < -0.39 is 29.0 Å². The Bertz CT molecular complexity index is 1200. The van der Waals surface area contributed by atoms with Crippen LogP contribution in [0.2, 0.25) is 5.02 Å². The van der Waals surface area contributed by atoms with Gasteiger partial charge in [0.05, 0.1) is 18.5 Å². The van der Waals surface area contributed by atoms with Crippen LogP contribution in [0.1, 0.15) is 21.6 Å². The molecule has 3 rings (SSSR count). The molecule has 2 heterocycles. The van der Waals surface area contributed by atoms with E-state index in [1.165, 1.54) is 12.1 Å². The number of nitrogen functional groups attached to an aromatic ring is 1. The summed E-state index contributed by atoms with van der Waals surface area (Å²) in [5.74, 6) is -1.02. The molecular formula is C18H12BrClF3N3O3. The lowest BCUT2D eigenvalue weighted by molar-refractivity contribution is -0.141. The molecular weight excluding hydrogens is 479 g/mol. The van der Waals surface area contributed by atoms with Crippen molar-refractivity contribution in [2.24, 2.45) is 0 Å². The first kappa shape index (κ1) is 21.1. The van der Waals surface area contributed by atoms with Crippen molar-refractivity contribution in [2.45, 2.75) is 13.1 Å². The van der Waals surface area contributed by atoms with E-state index in [0.717, 1.165) is 23.8 Å². The van der Waals surface area contributed by atoms with Gasteiger partial charge >= 0.3 is 12.1 Å². The van der Waals surface area contributed by atoms with Gasteiger partial charge in [0.25, 0.3) is 5.56 Å². The predicted octanol–water partition coefficient (Wildman–Crippen LogP) is 4.50. The number of alkyl halides is 3. The number of halogens is 5. The number of nitrogens with two attached hydrogens (primary N) is 1. The topological polar surface area (TPSA) is 87.2 Å². The van der Waals surface area contributed by atoms with Crippen LogP contribution in [0.3, 0.4) is 0 Å². The molecule has 152 valence electrons. The Kier molecular flexibility index (Phi) is 5.35. The normalized spacial score (nSPS) is 11.7. The maximum absolute atomic E-state index is 13.2. The van der Waals surface area contributed by atoms with E-state index in [9.17, 15) is 22.8 Å². The van der Waals surface area contributed by atoms with Crippen molar-refractivity contribution >= 4 is 50.2 Å². The second-order valence-corrected chi connectivity index (χ2v) is 7.33. The van der Waals surface area contributed by atoms with Gasteiger partial charge < -0.3 is 10.5 Å². The lowest BCUT2D eigenvalue weighted by atomic mass is 10.1. The number of esters is 1. The van der Waals surface area contributed by atoms with Crippen LogP contribution < -0.4 is 11.3 Å². The van der Waals surface area contributed by atoms with Crippen LogP contribution in [0, 0.1) is 6.92 Å². The van der Waals surface area contributed by atoms with E-state index in [1.807, 2.05) is 0 Å². The molecule has 0 unspecified atom stereocenters. The minimum Gasteiger partial charge on any atom is -0.465 e. The third-order valence-electron chi connectivity index (χ3n) is 4.19. The minimum atomic E-state index is -4.75. The van der Waals surface area contributed by atoms with Crippen LogP contribution in [0.15, 0.2) is 33.5 Å². The Morgan fingerprint density at radius 2 is 1.97 bits per heavy atom. The number of carbonyl (C=O) groups excluding carboxylic acids is 1. The van der Waals surface area contributed by atoms with E-state index >= 15 is 0 Å². The molecule has 0 spiro atoms. The standard InChI is InChI=1S/C18H12BrClF3N3O3/c1-7-5-8(20)6-10(19)14(7)26-15-9(3-4-11(25-15)18(21,22)23)13(24)12(16(26)27)17(28)29-2/h3-6H,24H2,1-2H3. The van der Waals surface area contributed by atoms with E-state index in [2.05, 4.69) is 25.7 Å². The second-order valence-electron chi connectivity index (χ2n) is 6.04. The van der Waals surface area contributed by atoms with Gasteiger partial charge in [0, 0.05) is 14.9 Å². The first-order chi connectivity index (χ1) is 13.5. The highest BCUT2D eigenvalue weighted by Crippen LogP contribution is 2.34. The number of pyridine rings is 2. The van der Waals surface area contributed by atoms with E-state index in [-0.39, 0.29) is 22.4 Å². The quantitative estimate of drug-likeness (QED) is 0.535. The molecule has 0 aliphatic heterocycles. The molecule has 2 aromatic heterocycles. The summed E-state index contributed by atoms with van der Waals surface area (Å²) in [5.41, 5.74) is 3.17. The molecule has 0 fully saturated rings. The van der Waals surface area contributed by atoms with Gasteiger partial charge in [-0.2, -0.15) is 13.2 Å². The first-order valence-electron chi connectivity index (χ1n) is 7.94. The minimum absolute atomic E-state index is 0.0146. The predicted molar refractivity (Wildman–Crippen MR) is 106 cm³/mol. The van der Waals surface area contributed by atoms with Gasteiger partial charge in [-0.15, -0.1) is 0 Å². The molecule has 0 aliphatic rings. The van der Waals surface area contributed by atoms with Crippen LogP contribution in [0.25, 0.3) is 16.7 Å². The molecule has 0 radical (unpaired) electrons. The number of nitrogens with zero attached hydrogens (tertiary/aromatic N) is 2. The average molecular weight is 491 g/mol. The van der Waals surface area contributed by atoms with Crippen molar-refractivity contribution in [3.63, 3.8) is 0 Å². The molecule has 1 aromatic carbocycles. The lowest BCUT2D eigenvalue weighted by Gasteiger charge is -2.18. The fourth-order valence-corrected chi connectivity index (χ4v) is 4.07. The zero-order valence-electron chi connectivity index (χ0n) is 14.9. The summed E-state index contributed by atoms with van der Waals surface area (Å²) >= 11 is 9.27. The monoisotopic (exact) mass is 489 g/mol. The molecule has 0 atom stereocenters. The Hall–Kier alpha value is -2.59. The van der Waals surface area contributed by atoms with Crippen molar-refractivity contribution in [3.8, 4) is 5.69 Å². The van der Waals surface area contributed by atoms with Gasteiger partial charge in [-0.05, 0) is 52.7 Å². The molecule has 0 aliphatic carbocycles. The number of benzene rings is 1. The van der Waals surface area contributed by atoms with Gasteiger partial charge in [0.15, 0.2) is 0 Å². The number of carbonyl (C=O) groups is 1. The smallest absolute Gasteiger partial charge is 0.433 e. The number of methoxy groups -OCH3 is 1. The van der Waals surface area contributed by atoms with Crippen molar-refractivity contribution in [1.82, 2.24) is 9.55 Å². The Morgan fingerprint density at radius 1 is 1.31 bits per heavy atom. The summed E-state index contributed by atoms with van der Waals surface area (Å²) in [6, 6.07) is 4.76. The molecule has 2 N–H and O–H groups in total. The van der Waals surface area contributed by atoms with Crippen LogP contribution in [0.5, 0.6) is 0 Å². The summed E-state index contributed by atoms with van der Waals surface area (Å²) in [7, 11) is 1.06. The number of hydrogen-bond donors (Lipinski definition) is 1. The third-order valence-corrected chi connectivity index (χ3v) is 5.01. The number of aryl methyl sites for hydroxylation is 1. The summed E-state index contributed by atoms with van der Waals surface area (Å²) in [5, 5.41) is 0.322. The van der Waals surface area contributed by atoms with Gasteiger partial charge in [0.1, 0.15) is 16.9 Å². The SMILES string of the molecule is COC(=O)c1c(N)c2ccc(C(F)(F)F)nc2n(-c2c(C)cc(Cl)cc2Br)c1=O. The zero-order chi connectivity index (χ0) is 21.7. The van der Waals surface area contributed by atoms with Crippen LogP contribution >= 0.6 is 27.5 Å². The number of ether oxygens (including phenoxy) is 1. The molecule has 0 saturated heterocycles. The Balaban J connectivity index is 2.59. The van der Waals surface area contributed by atoms with E-state index in [0.29, 0.717) is 15.1 Å². The van der Waals surface area contributed by atoms with E-state index in [1.54, 1.807) is 6.92 Å². The maximum Gasteiger partial charge on any atom is 0.433 e. The van der Waals surface area contributed by atoms with Crippen LogP contribution in [-0.2, 0) is 10.9 Å². The number of anilines is 1. The zero-order valence-corrected chi connectivity index (χ0v) is 17.2. The van der Waals surface area contributed by atoms with Crippen molar-refractivity contribution in [1.29, 1.82) is 0 Å². The fourth-order valence-electron chi connectivity index (χ4n) is 2.93. The van der Waals surface area contributed by atoms with Crippen LogP contribution in [0.4, 0.5) is 18.9 Å². The Labute approximate surface area is 175 Å².